The van der Waals surface area contributed by atoms with Crippen molar-refractivity contribution in [2.24, 2.45) is 0 Å². The van der Waals surface area contributed by atoms with E-state index in [1.165, 1.54) is 0 Å². The molecule has 0 saturated carbocycles. The van der Waals surface area contributed by atoms with Gasteiger partial charge in [0.15, 0.2) is 9.76 Å². The molecule has 35 valence electrons. The second-order valence-electron chi connectivity index (χ2n) is 0.927. The average Bonchev–Trinajstić information content (AvgIpc) is 1.61. The summed E-state index contributed by atoms with van der Waals surface area (Å²) in [6, 6.07) is 2.02. The first-order valence-electron chi connectivity index (χ1n) is 1.85. The Morgan fingerprint density at radius 1 is 1.83 bits per heavy atom. The van der Waals surface area contributed by atoms with E-state index >= 15 is 0 Å². The normalized spacial score (nSPS) is 10.7. The zero-order chi connectivity index (χ0) is 4.83. The predicted octanol–water partition coefficient (Wildman–Crippen LogP) is -1.29. The van der Waals surface area contributed by atoms with Gasteiger partial charge in [-0.15, -0.1) is 6.58 Å². The lowest BCUT2D eigenvalue weighted by Crippen LogP contribution is -1.91. The lowest BCUT2D eigenvalue weighted by molar-refractivity contribution is 0.672. The fourth-order valence-electron chi connectivity index (χ4n) is 0.164. The monoisotopic (exact) mass is 117 g/mol. The first-order chi connectivity index (χ1) is 2.91. The minimum absolute atomic E-state index is 0.260. The third-order valence-corrected chi connectivity index (χ3v) is 2.29. The van der Waals surface area contributed by atoms with Crippen LogP contribution < -0.4 is 0 Å². The quantitative estimate of drug-likeness (QED) is 0.330. The zero-order valence-corrected chi connectivity index (χ0v) is 7.39. The predicted molar refractivity (Wildman–Crippen MR) is 34.1 cm³/mol. The molecule has 0 aliphatic rings. The summed E-state index contributed by atoms with van der Waals surface area (Å²) in [5, 5.41) is 0. The Kier molecular flexibility index (Phi) is 5.25. The minimum Gasteiger partial charge on any atom is -0.468 e. The molecule has 0 aromatic heterocycles. The third kappa shape index (κ3) is 4.13. The molecule has 3 heteroatoms. The van der Waals surface area contributed by atoms with E-state index in [2.05, 4.69) is 6.58 Å². The first kappa shape index (κ1) is 6.13. The van der Waals surface area contributed by atoms with Crippen molar-refractivity contribution in [3.8, 4) is 0 Å². The molecule has 0 aromatic rings. The zero-order valence-electron chi connectivity index (χ0n) is 3.98. The lowest BCUT2D eigenvalue weighted by Gasteiger charge is -1.85. The molecule has 0 heterocycles. The Bertz CT molecular complexity index is 37.8. The summed E-state index contributed by atoms with van der Waals surface area (Å²) >= 11 is 0. The van der Waals surface area contributed by atoms with Crippen molar-refractivity contribution in [1.82, 2.24) is 0 Å². The number of hydrogen-bond donors (Lipinski definition) is 0. The molecular formula is C3H9OSi2. The van der Waals surface area contributed by atoms with E-state index in [0.29, 0.717) is 0 Å². The second-order valence-corrected chi connectivity index (χ2v) is 4.04. The maximum atomic E-state index is 4.93. The van der Waals surface area contributed by atoms with Crippen LogP contribution in [-0.4, -0.2) is 20.2 Å². The van der Waals surface area contributed by atoms with Gasteiger partial charge in [0, 0.05) is 0 Å². The highest BCUT2D eigenvalue weighted by atomic mass is 28.3. The molecule has 1 nitrogen and oxygen atoms in total. The van der Waals surface area contributed by atoms with Gasteiger partial charge in [-0.1, -0.05) is 6.08 Å². The molecule has 0 bridgehead atoms. The molecule has 0 amide bonds. The van der Waals surface area contributed by atoms with Crippen molar-refractivity contribution in [2.75, 3.05) is 0 Å². The van der Waals surface area contributed by atoms with Gasteiger partial charge in [0.25, 0.3) is 0 Å². The van der Waals surface area contributed by atoms with Gasteiger partial charge in [0.1, 0.15) is 10.5 Å². The van der Waals surface area contributed by atoms with E-state index in [1.807, 2.05) is 6.04 Å². The van der Waals surface area contributed by atoms with Gasteiger partial charge in [0.05, 0.1) is 0 Å². The average molecular weight is 117 g/mol. The summed E-state index contributed by atoms with van der Waals surface area (Å²) in [5.74, 6) is 0. The van der Waals surface area contributed by atoms with Crippen LogP contribution in [0.25, 0.3) is 0 Å². The Morgan fingerprint density at radius 2 is 2.50 bits per heavy atom. The van der Waals surface area contributed by atoms with E-state index in [9.17, 15) is 0 Å². The maximum absolute atomic E-state index is 4.93. The Labute approximate surface area is 43.9 Å². The number of rotatable bonds is 3. The van der Waals surface area contributed by atoms with Gasteiger partial charge in [-0.2, -0.15) is 0 Å². The van der Waals surface area contributed by atoms with Crippen LogP contribution in [-0.2, 0) is 4.12 Å². The molecule has 0 spiro atoms. The number of hydrogen-bond acceptors (Lipinski definition) is 1. The van der Waals surface area contributed by atoms with Crippen LogP contribution in [0.1, 0.15) is 0 Å². The van der Waals surface area contributed by atoms with E-state index in [4.69, 9.17) is 4.12 Å². The topological polar surface area (TPSA) is 9.23 Å². The first-order valence-corrected chi connectivity index (χ1v) is 4.06. The van der Waals surface area contributed by atoms with E-state index in [1.54, 1.807) is 6.08 Å². The Hall–Kier alpha value is 0.134. The van der Waals surface area contributed by atoms with Gasteiger partial charge in [-0.3, -0.25) is 0 Å². The minimum atomic E-state index is -0.260. The summed E-state index contributed by atoms with van der Waals surface area (Å²) in [4.78, 5) is 0. The van der Waals surface area contributed by atoms with Crippen molar-refractivity contribution in [3.05, 3.63) is 18.7 Å². The van der Waals surface area contributed by atoms with Crippen LogP contribution in [0.2, 0.25) is 0 Å². The third-order valence-electron chi connectivity index (χ3n) is 0.430. The molecule has 0 aliphatic heterocycles. The highest BCUT2D eigenvalue weighted by Gasteiger charge is 1.72. The highest BCUT2D eigenvalue weighted by Crippen LogP contribution is 1.69. The van der Waals surface area contributed by atoms with Crippen molar-refractivity contribution in [1.29, 1.82) is 0 Å². The van der Waals surface area contributed by atoms with Gasteiger partial charge in [-0.25, -0.2) is 0 Å². The smallest absolute Gasteiger partial charge is 0.152 e. The van der Waals surface area contributed by atoms with Crippen molar-refractivity contribution in [3.63, 3.8) is 0 Å². The van der Waals surface area contributed by atoms with E-state index in [-0.39, 0.29) is 9.76 Å². The van der Waals surface area contributed by atoms with Crippen LogP contribution in [0, 0.1) is 6.04 Å². The molecule has 0 aliphatic carbocycles. The highest BCUT2D eigenvalue weighted by molar-refractivity contribution is 6.39. The van der Waals surface area contributed by atoms with Gasteiger partial charge >= 0.3 is 0 Å². The van der Waals surface area contributed by atoms with Crippen molar-refractivity contribution < 1.29 is 4.12 Å². The fourth-order valence-corrected chi connectivity index (χ4v) is 1.07. The molecule has 0 aromatic carbocycles. The van der Waals surface area contributed by atoms with Gasteiger partial charge in [0.2, 0.25) is 0 Å². The Morgan fingerprint density at radius 3 is 2.67 bits per heavy atom. The SMILES string of the molecule is C=C[CH][SiH2]O[SiH3]. The summed E-state index contributed by atoms with van der Waals surface area (Å²) in [6.07, 6.45) is 1.80. The number of allylic oxidation sites excluding steroid dienone is 1. The Balaban J connectivity index is 2.49. The van der Waals surface area contributed by atoms with Crippen LogP contribution in [0.5, 0.6) is 0 Å². The standard InChI is InChI=1S/C3H9OSi2/c1-2-3-6-4-5/h2-3H,1,6H2,5H3. The molecule has 0 atom stereocenters. The summed E-state index contributed by atoms with van der Waals surface area (Å²) in [5.41, 5.74) is 0. The van der Waals surface area contributed by atoms with Crippen molar-refractivity contribution in [2.45, 2.75) is 0 Å². The van der Waals surface area contributed by atoms with Crippen LogP contribution >= 0.6 is 0 Å². The van der Waals surface area contributed by atoms with Crippen LogP contribution in [0.3, 0.4) is 0 Å². The fraction of sp³-hybridized carbons (Fsp3) is 0. The van der Waals surface area contributed by atoms with Gasteiger partial charge in [-0.05, 0) is 6.04 Å². The second kappa shape index (κ2) is 5.13. The van der Waals surface area contributed by atoms with Gasteiger partial charge < -0.3 is 4.12 Å². The van der Waals surface area contributed by atoms with E-state index in [0.717, 1.165) is 10.5 Å². The molecule has 0 rings (SSSR count). The van der Waals surface area contributed by atoms with Crippen LogP contribution in [0.4, 0.5) is 0 Å². The largest absolute Gasteiger partial charge is 0.468 e. The lowest BCUT2D eigenvalue weighted by atomic mass is 10.8. The molecular weight excluding hydrogens is 108 g/mol. The van der Waals surface area contributed by atoms with E-state index < -0.39 is 0 Å². The van der Waals surface area contributed by atoms with Crippen molar-refractivity contribution >= 4 is 20.2 Å². The van der Waals surface area contributed by atoms with Crippen LogP contribution in [0.15, 0.2) is 12.7 Å². The summed E-state index contributed by atoms with van der Waals surface area (Å²) < 4.78 is 4.93. The molecule has 6 heavy (non-hydrogen) atoms. The molecule has 0 unspecified atom stereocenters. The molecule has 1 radical (unpaired) electrons. The molecule has 0 saturated heterocycles. The summed E-state index contributed by atoms with van der Waals surface area (Å²) in [6.45, 7) is 3.51. The molecule has 0 fully saturated rings. The maximum Gasteiger partial charge on any atom is 0.152 e. The molecule has 0 N–H and O–H groups in total. The summed E-state index contributed by atoms with van der Waals surface area (Å²) in [7, 11) is 0.626.